The maximum atomic E-state index is 3.91. The van der Waals surface area contributed by atoms with Crippen molar-refractivity contribution in [3.63, 3.8) is 0 Å². The average molecular weight is 262 g/mol. The third-order valence-electron chi connectivity index (χ3n) is 5.30. The van der Waals surface area contributed by atoms with E-state index in [0.717, 1.165) is 29.6 Å². The van der Waals surface area contributed by atoms with Gasteiger partial charge in [-0.05, 0) is 54.8 Å². The number of hydrogen-bond donors (Lipinski definition) is 0. The number of rotatable bonds is 9. The van der Waals surface area contributed by atoms with Crippen molar-refractivity contribution in [2.45, 2.75) is 60.3 Å². The Hall–Kier alpha value is -0.520. The first-order chi connectivity index (χ1) is 8.99. The highest BCUT2D eigenvalue weighted by molar-refractivity contribution is 5.00. The first-order valence-corrected chi connectivity index (χ1v) is 8.30. The summed E-state index contributed by atoms with van der Waals surface area (Å²) in [4.78, 5) is 0. The highest BCUT2D eigenvalue weighted by Crippen LogP contribution is 2.48. The molecule has 0 radical (unpaired) electrons. The van der Waals surface area contributed by atoms with Gasteiger partial charge in [0.2, 0.25) is 0 Å². The second-order valence-electron chi connectivity index (χ2n) is 6.94. The lowest BCUT2D eigenvalue weighted by molar-refractivity contribution is 0.393. The zero-order valence-corrected chi connectivity index (χ0v) is 13.7. The maximum absolute atomic E-state index is 3.91. The third kappa shape index (κ3) is 5.55. The molecule has 1 fully saturated rings. The van der Waals surface area contributed by atoms with Crippen LogP contribution in [-0.2, 0) is 0 Å². The minimum atomic E-state index is 0.667. The second kappa shape index (κ2) is 7.92. The molecule has 6 atom stereocenters. The molecule has 0 aromatic carbocycles. The van der Waals surface area contributed by atoms with Gasteiger partial charge in [0.15, 0.2) is 0 Å². The van der Waals surface area contributed by atoms with Gasteiger partial charge in [-0.2, -0.15) is 0 Å². The smallest absolute Gasteiger partial charge is 0.0231 e. The van der Waals surface area contributed by atoms with E-state index in [0.29, 0.717) is 5.92 Å². The largest absolute Gasteiger partial charge is 0.103 e. The first kappa shape index (κ1) is 16.5. The quantitative estimate of drug-likeness (QED) is 0.440. The van der Waals surface area contributed by atoms with Gasteiger partial charge in [-0.25, -0.2) is 0 Å². The summed E-state index contributed by atoms with van der Waals surface area (Å²) in [5.41, 5.74) is 0. The lowest BCUT2D eigenvalue weighted by atomic mass is 9.90. The van der Waals surface area contributed by atoms with E-state index in [1.165, 1.54) is 25.7 Å². The summed E-state index contributed by atoms with van der Waals surface area (Å²) in [6, 6.07) is 0. The molecule has 6 unspecified atom stereocenters. The summed E-state index contributed by atoms with van der Waals surface area (Å²) in [6.07, 6.45) is 12.5. The topological polar surface area (TPSA) is 0 Å². The van der Waals surface area contributed by atoms with E-state index < -0.39 is 0 Å². The minimum absolute atomic E-state index is 0.667. The highest BCUT2D eigenvalue weighted by atomic mass is 14.4. The standard InChI is InChI=1S/C19H34/c1-7-14(3)9-10-17(6)19-13-18(19)12-11-16(5)15(4)8-2/h8-10,14-19H,2,7,11-13H2,1,3-6H3. The van der Waals surface area contributed by atoms with Crippen LogP contribution in [0.5, 0.6) is 0 Å². The summed E-state index contributed by atoms with van der Waals surface area (Å²) in [5, 5.41) is 0. The molecule has 0 aromatic heterocycles. The van der Waals surface area contributed by atoms with Gasteiger partial charge in [0.1, 0.15) is 0 Å². The molecule has 0 N–H and O–H groups in total. The van der Waals surface area contributed by atoms with Crippen LogP contribution in [0, 0.1) is 35.5 Å². The van der Waals surface area contributed by atoms with Gasteiger partial charge >= 0.3 is 0 Å². The predicted molar refractivity (Wildman–Crippen MR) is 87.1 cm³/mol. The fourth-order valence-electron chi connectivity index (χ4n) is 2.86. The third-order valence-corrected chi connectivity index (χ3v) is 5.30. The van der Waals surface area contributed by atoms with E-state index in [2.05, 4.69) is 59.4 Å². The molecule has 1 rings (SSSR count). The Labute approximate surface area is 121 Å². The maximum Gasteiger partial charge on any atom is -0.0231 e. The van der Waals surface area contributed by atoms with E-state index >= 15 is 0 Å². The van der Waals surface area contributed by atoms with E-state index in [-0.39, 0.29) is 0 Å². The first-order valence-electron chi connectivity index (χ1n) is 8.30. The molecular weight excluding hydrogens is 228 g/mol. The van der Waals surface area contributed by atoms with Gasteiger partial charge in [-0.15, -0.1) is 6.58 Å². The number of allylic oxidation sites excluding steroid dienone is 3. The molecular formula is C19H34. The molecule has 0 heteroatoms. The van der Waals surface area contributed by atoms with Crippen LogP contribution in [0.2, 0.25) is 0 Å². The minimum Gasteiger partial charge on any atom is -0.103 e. The molecule has 0 bridgehead atoms. The van der Waals surface area contributed by atoms with Crippen LogP contribution in [-0.4, -0.2) is 0 Å². The Bertz CT molecular complexity index is 288. The summed E-state index contributed by atoms with van der Waals surface area (Å²) in [6.45, 7) is 15.5. The van der Waals surface area contributed by atoms with Crippen LogP contribution in [0.4, 0.5) is 0 Å². The van der Waals surface area contributed by atoms with Gasteiger partial charge in [-0.3, -0.25) is 0 Å². The SMILES string of the molecule is C=CC(C)C(C)CCC1CC1C(C)C=CC(C)CC. The van der Waals surface area contributed by atoms with Crippen LogP contribution in [0.25, 0.3) is 0 Å². The van der Waals surface area contributed by atoms with Crippen molar-refractivity contribution in [1.82, 2.24) is 0 Å². The summed E-state index contributed by atoms with van der Waals surface area (Å²) < 4.78 is 0. The second-order valence-corrected chi connectivity index (χ2v) is 6.94. The summed E-state index contributed by atoms with van der Waals surface area (Å²) >= 11 is 0. The Morgan fingerprint density at radius 3 is 2.42 bits per heavy atom. The molecule has 0 nitrogen and oxygen atoms in total. The van der Waals surface area contributed by atoms with Crippen LogP contribution in [0.1, 0.15) is 60.3 Å². The van der Waals surface area contributed by atoms with Crippen molar-refractivity contribution in [3.8, 4) is 0 Å². The van der Waals surface area contributed by atoms with Crippen LogP contribution < -0.4 is 0 Å². The van der Waals surface area contributed by atoms with Crippen molar-refractivity contribution < 1.29 is 0 Å². The lowest BCUT2D eigenvalue weighted by Gasteiger charge is -2.16. The fourth-order valence-corrected chi connectivity index (χ4v) is 2.86. The molecule has 0 aliphatic heterocycles. The molecule has 19 heavy (non-hydrogen) atoms. The molecule has 0 heterocycles. The molecule has 0 aromatic rings. The summed E-state index contributed by atoms with van der Waals surface area (Å²) in [5.74, 6) is 4.95. The van der Waals surface area contributed by atoms with E-state index in [1.54, 1.807) is 0 Å². The molecule has 0 amide bonds. The zero-order valence-electron chi connectivity index (χ0n) is 13.7. The van der Waals surface area contributed by atoms with E-state index in [1.807, 2.05) is 0 Å². The van der Waals surface area contributed by atoms with Gasteiger partial charge in [0, 0.05) is 0 Å². The van der Waals surface area contributed by atoms with Gasteiger partial charge in [-0.1, -0.05) is 59.3 Å². The van der Waals surface area contributed by atoms with Crippen molar-refractivity contribution in [3.05, 3.63) is 24.8 Å². The van der Waals surface area contributed by atoms with Crippen molar-refractivity contribution >= 4 is 0 Å². The fraction of sp³-hybridized carbons (Fsp3) is 0.789. The van der Waals surface area contributed by atoms with Gasteiger partial charge < -0.3 is 0 Å². The van der Waals surface area contributed by atoms with Gasteiger partial charge in [0.25, 0.3) is 0 Å². The van der Waals surface area contributed by atoms with Crippen LogP contribution in [0.3, 0.4) is 0 Å². The van der Waals surface area contributed by atoms with E-state index in [9.17, 15) is 0 Å². The Balaban J connectivity index is 2.24. The Kier molecular flexibility index (Phi) is 6.89. The molecule has 1 aliphatic carbocycles. The lowest BCUT2D eigenvalue weighted by Crippen LogP contribution is -2.06. The van der Waals surface area contributed by atoms with Crippen molar-refractivity contribution in [2.24, 2.45) is 35.5 Å². The number of hydrogen-bond acceptors (Lipinski definition) is 0. The highest BCUT2D eigenvalue weighted by Gasteiger charge is 2.39. The molecule has 110 valence electrons. The molecule has 0 saturated heterocycles. The summed E-state index contributed by atoms with van der Waals surface area (Å²) in [7, 11) is 0. The Morgan fingerprint density at radius 2 is 1.84 bits per heavy atom. The molecule has 1 aliphatic rings. The predicted octanol–water partition coefficient (Wildman–Crippen LogP) is 6.10. The van der Waals surface area contributed by atoms with E-state index in [4.69, 9.17) is 0 Å². The zero-order chi connectivity index (χ0) is 14.4. The normalized spacial score (nSPS) is 28.9. The molecule has 0 spiro atoms. The Morgan fingerprint density at radius 1 is 1.16 bits per heavy atom. The van der Waals surface area contributed by atoms with Crippen LogP contribution in [0.15, 0.2) is 24.8 Å². The van der Waals surface area contributed by atoms with Gasteiger partial charge in [0.05, 0.1) is 0 Å². The van der Waals surface area contributed by atoms with Crippen molar-refractivity contribution in [1.29, 1.82) is 0 Å². The molecule has 1 saturated carbocycles. The average Bonchev–Trinajstić information content (AvgIpc) is 3.20. The monoisotopic (exact) mass is 262 g/mol. The van der Waals surface area contributed by atoms with Crippen LogP contribution >= 0.6 is 0 Å². The van der Waals surface area contributed by atoms with Crippen molar-refractivity contribution in [2.75, 3.05) is 0 Å².